The van der Waals surface area contributed by atoms with E-state index in [0.717, 1.165) is 17.6 Å². The van der Waals surface area contributed by atoms with Crippen LogP contribution in [0.2, 0.25) is 5.02 Å². The Balaban J connectivity index is 1.46. The van der Waals surface area contributed by atoms with Crippen molar-refractivity contribution in [1.82, 2.24) is 4.98 Å². The molecule has 0 saturated heterocycles. The van der Waals surface area contributed by atoms with Crippen LogP contribution in [0, 0.1) is 0 Å². The van der Waals surface area contributed by atoms with Crippen molar-refractivity contribution in [1.29, 1.82) is 0 Å². The minimum Gasteiger partial charge on any atom is -0.306 e. The van der Waals surface area contributed by atoms with Gasteiger partial charge in [-0.15, -0.1) is 0 Å². The summed E-state index contributed by atoms with van der Waals surface area (Å²) in [6.45, 7) is 0.458. The minimum absolute atomic E-state index is 0.0635. The molecule has 4 rings (SSSR count). The summed E-state index contributed by atoms with van der Waals surface area (Å²) >= 11 is 7.37. The zero-order valence-corrected chi connectivity index (χ0v) is 18.9. The number of para-hydroxylation sites is 1. The summed E-state index contributed by atoms with van der Waals surface area (Å²) in [6.07, 6.45) is 1.76. The van der Waals surface area contributed by atoms with E-state index in [-0.39, 0.29) is 23.1 Å². The van der Waals surface area contributed by atoms with E-state index in [9.17, 15) is 18.0 Å². The van der Waals surface area contributed by atoms with E-state index in [1.54, 1.807) is 35.2 Å². The van der Waals surface area contributed by atoms with Gasteiger partial charge in [0.15, 0.2) is 15.0 Å². The molecular formula is C21H18ClN3O4S2. The Hall–Kier alpha value is -2.75. The van der Waals surface area contributed by atoms with E-state index >= 15 is 0 Å². The van der Waals surface area contributed by atoms with Gasteiger partial charge in [-0.1, -0.05) is 47.2 Å². The third-order valence-corrected chi connectivity index (χ3v) is 7.26. The molecule has 0 saturated carbocycles. The Morgan fingerprint density at radius 3 is 2.58 bits per heavy atom. The molecule has 0 bridgehead atoms. The summed E-state index contributed by atoms with van der Waals surface area (Å²) in [5.74, 6) is -0.489. The quantitative estimate of drug-likeness (QED) is 0.608. The largest absolute Gasteiger partial charge is 0.306 e. The van der Waals surface area contributed by atoms with Crippen molar-refractivity contribution in [2.75, 3.05) is 23.0 Å². The molecule has 1 aliphatic rings. The molecule has 0 fully saturated rings. The second-order valence-corrected chi connectivity index (χ2v) is 10.5. The highest BCUT2D eigenvalue weighted by molar-refractivity contribution is 7.90. The van der Waals surface area contributed by atoms with Crippen LogP contribution >= 0.6 is 22.9 Å². The number of amides is 2. The second kappa shape index (κ2) is 8.41. The molecule has 2 heterocycles. The molecule has 160 valence electrons. The number of halogens is 1. The van der Waals surface area contributed by atoms with E-state index in [4.69, 9.17) is 11.6 Å². The number of benzene rings is 2. The molecule has 0 spiro atoms. The van der Waals surface area contributed by atoms with E-state index in [1.165, 1.54) is 12.1 Å². The lowest BCUT2D eigenvalue weighted by molar-refractivity contribution is -0.115. The molecule has 1 N–H and O–H groups in total. The molecule has 2 amide bonds. The number of aromatic nitrogens is 1. The van der Waals surface area contributed by atoms with E-state index < -0.39 is 9.84 Å². The van der Waals surface area contributed by atoms with Gasteiger partial charge in [-0.05, 0) is 29.8 Å². The first-order chi connectivity index (χ1) is 14.7. The molecule has 1 aliphatic heterocycles. The van der Waals surface area contributed by atoms with Gasteiger partial charge in [0, 0.05) is 19.2 Å². The van der Waals surface area contributed by atoms with Gasteiger partial charge in [0.2, 0.25) is 5.91 Å². The van der Waals surface area contributed by atoms with Gasteiger partial charge < -0.3 is 10.2 Å². The predicted octanol–water partition coefficient (Wildman–Crippen LogP) is 3.58. The van der Waals surface area contributed by atoms with Crippen LogP contribution in [0.15, 0.2) is 53.4 Å². The summed E-state index contributed by atoms with van der Waals surface area (Å²) in [4.78, 5) is 32.1. The topological polar surface area (TPSA) is 96.4 Å². The number of nitrogens with zero attached hydrogens (tertiary/aromatic N) is 2. The molecule has 0 unspecified atom stereocenters. The number of sulfone groups is 1. The maximum atomic E-state index is 12.9. The molecular weight excluding hydrogens is 458 g/mol. The van der Waals surface area contributed by atoms with Crippen LogP contribution in [-0.4, -0.2) is 38.0 Å². The molecule has 3 aromatic rings. The third kappa shape index (κ3) is 4.63. The average Bonchev–Trinajstić information content (AvgIpc) is 3.12. The highest BCUT2D eigenvalue weighted by atomic mass is 35.5. The number of anilines is 2. The van der Waals surface area contributed by atoms with Crippen LogP contribution in [0.1, 0.15) is 20.9 Å². The van der Waals surface area contributed by atoms with Gasteiger partial charge in [-0.2, -0.15) is 0 Å². The van der Waals surface area contributed by atoms with Gasteiger partial charge in [0.25, 0.3) is 5.91 Å². The molecule has 2 aromatic carbocycles. The molecule has 7 nitrogen and oxygen atoms in total. The molecule has 0 aliphatic carbocycles. The van der Waals surface area contributed by atoms with Crippen LogP contribution < -0.4 is 10.2 Å². The normalized spacial score (nSPS) is 13.7. The number of hydrogen-bond acceptors (Lipinski definition) is 6. The van der Waals surface area contributed by atoms with Crippen molar-refractivity contribution in [3.05, 3.63) is 69.7 Å². The Labute approximate surface area is 188 Å². The monoisotopic (exact) mass is 475 g/mol. The average molecular weight is 476 g/mol. The maximum absolute atomic E-state index is 12.9. The van der Waals surface area contributed by atoms with Crippen molar-refractivity contribution in [2.45, 2.75) is 17.7 Å². The van der Waals surface area contributed by atoms with E-state index in [2.05, 4.69) is 10.3 Å². The Morgan fingerprint density at radius 2 is 1.90 bits per heavy atom. The number of nitrogens with one attached hydrogen (secondary N) is 1. The molecule has 0 radical (unpaired) electrons. The summed E-state index contributed by atoms with van der Waals surface area (Å²) in [6, 6.07) is 13.3. The smallest absolute Gasteiger partial charge is 0.270 e. The summed E-state index contributed by atoms with van der Waals surface area (Å²) in [5.41, 5.74) is 1.98. The van der Waals surface area contributed by atoms with Crippen molar-refractivity contribution in [2.24, 2.45) is 0 Å². The lowest BCUT2D eigenvalue weighted by Crippen LogP contribution is -2.37. The summed E-state index contributed by atoms with van der Waals surface area (Å²) in [5, 5.41) is 3.59. The highest BCUT2D eigenvalue weighted by Gasteiger charge is 2.30. The van der Waals surface area contributed by atoms with Crippen molar-refractivity contribution in [3.63, 3.8) is 0 Å². The molecule has 10 heteroatoms. The van der Waals surface area contributed by atoms with Crippen molar-refractivity contribution in [3.8, 4) is 0 Å². The molecule has 1 aromatic heterocycles. The standard InChI is InChI=1S/C21H18ClN3O4S2/c1-31(28,29)14-8-6-13(7-9-14)12-18(26)24-21-23-16-10-11-25(20(27)19(16)30-21)17-5-3-2-4-15(17)22/h2-9H,10-12H2,1H3,(H,23,24,26). The van der Waals surface area contributed by atoms with E-state index in [0.29, 0.717) is 44.9 Å². The van der Waals surface area contributed by atoms with Gasteiger partial charge in [0.1, 0.15) is 4.88 Å². The zero-order valence-electron chi connectivity index (χ0n) is 16.5. The zero-order chi connectivity index (χ0) is 22.2. The number of fused-ring (bicyclic) bond motifs is 1. The van der Waals surface area contributed by atoms with Gasteiger partial charge >= 0.3 is 0 Å². The fourth-order valence-corrected chi connectivity index (χ4v) is 5.13. The van der Waals surface area contributed by atoms with Crippen LogP contribution in [0.3, 0.4) is 0 Å². The van der Waals surface area contributed by atoms with Gasteiger partial charge in [-0.25, -0.2) is 13.4 Å². The summed E-state index contributed by atoms with van der Waals surface area (Å²) < 4.78 is 23.1. The first kappa shape index (κ1) is 21.5. The first-order valence-electron chi connectivity index (χ1n) is 9.37. The van der Waals surface area contributed by atoms with Crippen LogP contribution in [0.4, 0.5) is 10.8 Å². The van der Waals surface area contributed by atoms with Gasteiger partial charge in [-0.3, -0.25) is 9.59 Å². The molecule has 0 atom stereocenters. The van der Waals surface area contributed by atoms with Crippen LogP contribution in [0.5, 0.6) is 0 Å². The highest BCUT2D eigenvalue weighted by Crippen LogP contribution is 2.33. The van der Waals surface area contributed by atoms with Gasteiger partial charge in [0.05, 0.1) is 27.7 Å². The number of hydrogen-bond donors (Lipinski definition) is 1. The fraction of sp³-hybridized carbons (Fsp3) is 0.190. The van der Waals surface area contributed by atoms with E-state index in [1.807, 2.05) is 6.07 Å². The second-order valence-electron chi connectivity index (χ2n) is 7.09. The minimum atomic E-state index is -3.28. The summed E-state index contributed by atoms with van der Waals surface area (Å²) in [7, 11) is -3.28. The fourth-order valence-electron chi connectivity index (χ4n) is 3.29. The number of carbonyl (C=O) groups is 2. The Morgan fingerprint density at radius 1 is 1.19 bits per heavy atom. The number of thiazole rings is 1. The number of rotatable bonds is 5. The lowest BCUT2D eigenvalue weighted by Gasteiger charge is -2.26. The lowest BCUT2D eigenvalue weighted by atomic mass is 10.1. The number of carbonyl (C=O) groups excluding carboxylic acids is 2. The Bertz CT molecular complexity index is 1270. The third-order valence-electron chi connectivity index (χ3n) is 4.81. The van der Waals surface area contributed by atoms with Crippen molar-refractivity contribution >= 4 is 55.4 Å². The Kier molecular flexibility index (Phi) is 5.83. The first-order valence-corrected chi connectivity index (χ1v) is 12.5. The van der Waals surface area contributed by atoms with Crippen molar-refractivity contribution < 1.29 is 18.0 Å². The SMILES string of the molecule is CS(=O)(=O)c1ccc(CC(=O)Nc2nc3c(s2)C(=O)N(c2ccccc2Cl)CC3)cc1. The predicted molar refractivity (Wildman–Crippen MR) is 121 cm³/mol. The maximum Gasteiger partial charge on any atom is 0.270 e. The molecule has 31 heavy (non-hydrogen) atoms. The van der Waals surface area contributed by atoms with Crippen LogP contribution in [0.25, 0.3) is 0 Å². The van der Waals surface area contributed by atoms with Crippen LogP contribution in [-0.2, 0) is 27.5 Å².